The van der Waals surface area contributed by atoms with Gasteiger partial charge in [-0.3, -0.25) is 0 Å². The fourth-order valence-corrected chi connectivity index (χ4v) is 3.88. The maximum atomic E-state index is 11.6. The summed E-state index contributed by atoms with van der Waals surface area (Å²) in [6.07, 6.45) is 2.40. The first kappa shape index (κ1) is 19.8. The van der Waals surface area contributed by atoms with Crippen molar-refractivity contribution in [2.45, 2.75) is 24.9 Å². The number of rotatable bonds is 8. The van der Waals surface area contributed by atoms with Crippen LogP contribution in [0, 0.1) is 0 Å². The molecule has 0 bridgehead atoms. The van der Waals surface area contributed by atoms with Gasteiger partial charge in [0.05, 0.1) is 13.4 Å². The molecule has 0 aromatic heterocycles. The molecule has 1 saturated carbocycles. The third-order valence-corrected chi connectivity index (χ3v) is 5.47. The molecule has 0 saturated heterocycles. The molecule has 152 valence electrons. The number of hydrogen-bond acceptors (Lipinski definition) is 3. The summed E-state index contributed by atoms with van der Waals surface area (Å²) < 4.78 is 11.0. The fourth-order valence-electron chi connectivity index (χ4n) is 3.88. The number of carboxylic acid groups (broad SMARTS) is 1. The number of carboxylic acids is 1. The Morgan fingerprint density at radius 3 is 2.43 bits per heavy atom. The third-order valence-electron chi connectivity index (χ3n) is 5.47. The van der Waals surface area contributed by atoms with Crippen LogP contribution in [0.5, 0.6) is 5.75 Å². The third kappa shape index (κ3) is 4.38. The van der Waals surface area contributed by atoms with E-state index in [4.69, 9.17) is 9.47 Å². The van der Waals surface area contributed by atoms with Gasteiger partial charge in [-0.1, -0.05) is 66.7 Å². The summed E-state index contributed by atoms with van der Waals surface area (Å²) >= 11 is 0. The van der Waals surface area contributed by atoms with E-state index < -0.39 is 5.97 Å². The smallest absolute Gasteiger partial charge is 0.339 e. The van der Waals surface area contributed by atoms with E-state index in [0.29, 0.717) is 17.4 Å². The van der Waals surface area contributed by atoms with Gasteiger partial charge in [-0.2, -0.15) is 0 Å². The molecule has 4 rings (SSSR count). The lowest BCUT2D eigenvalue weighted by atomic mass is 10.0. The van der Waals surface area contributed by atoms with Crippen LogP contribution in [0.1, 0.15) is 40.5 Å². The minimum absolute atomic E-state index is 0.106. The Morgan fingerprint density at radius 2 is 1.67 bits per heavy atom. The first-order valence-electron chi connectivity index (χ1n) is 9.99. The molecule has 0 heterocycles. The molecule has 1 aliphatic rings. The van der Waals surface area contributed by atoms with Crippen LogP contribution in [0.15, 0.2) is 85.1 Å². The van der Waals surface area contributed by atoms with E-state index >= 15 is 0 Å². The van der Waals surface area contributed by atoms with Gasteiger partial charge in [0.1, 0.15) is 17.9 Å². The Labute approximate surface area is 176 Å². The van der Waals surface area contributed by atoms with E-state index in [-0.39, 0.29) is 12.2 Å². The van der Waals surface area contributed by atoms with Gasteiger partial charge in [0.25, 0.3) is 0 Å². The molecule has 0 radical (unpaired) electrons. The van der Waals surface area contributed by atoms with Crippen LogP contribution < -0.4 is 4.74 Å². The highest BCUT2D eigenvalue weighted by Crippen LogP contribution is 2.54. The predicted molar refractivity (Wildman–Crippen MR) is 116 cm³/mol. The van der Waals surface area contributed by atoms with Gasteiger partial charge in [0.15, 0.2) is 0 Å². The minimum atomic E-state index is -1.04. The lowest BCUT2D eigenvalue weighted by molar-refractivity contribution is -0.130. The molecule has 2 unspecified atom stereocenters. The summed E-state index contributed by atoms with van der Waals surface area (Å²) in [4.78, 5) is 11.6. The summed E-state index contributed by atoms with van der Waals surface area (Å²) in [6, 6.07) is 26.1. The van der Waals surface area contributed by atoms with Gasteiger partial charge in [-0.25, -0.2) is 4.79 Å². The van der Waals surface area contributed by atoms with Crippen LogP contribution >= 0.6 is 0 Å². The van der Waals surface area contributed by atoms with Gasteiger partial charge < -0.3 is 14.6 Å². The van der Waals surface area contributed by atoms with E-state index in [0.717, 1.165) is 17.7 Å². The molecule has 0 amide bonds. The Kier molecular flexibility index (Phi) is 5.84. The number of benzene rings is 3. The van der Waals surface area contributed by atoms with Crippen LogP contribution in [-0.4, -0.2) is 18.2 Å². The summed E-state index contributed by atoms with van der Waals surface area (Å²) in [5, 5.41) is 9.50. The van der Waals surface area contributed by atoms with Gasteiger partial charge in [-0.05, 0) is 52.6 Å². The normalized spacial score (nSPS) is 18.0. The quantitative estimate of drug-likeness (QED) is 0.394. The molecule has 30 heavy (non-hydrogen) atoms. The number of carbonyl (C=O) groups is 1. The number of hydrogen-bond donors (Lipinski definition) is 1. The Morgan fingerprint density at radius 1 is 0.967 bits per heavy atom. The lowest BCUT2D eigenvalue weighted by Crippen LogP contribution is -2.06. The Balaban J connectivity index is 1.48. The lowest BCUT2D eigenvalue weighted by Gasteiger charge is -2.12. The van der Waals surface area contributed by atoms with Crippen molar-refractivity contribution in [1.29, 1.82) is 0 Å². The van der Waals surface area contributed by atoms with Crippen molar-refractivity contribution in [3.63, 3.8) is 0 Å². The molecule has 3 aromatic rings. The zero-order valence-corrected chi connectivity index (χ0v) is 16.8. The highest BCUT2D eigenvalue weighted by Gasteiger charge is 2.39. The topological polar surface area (TPSA) is 55.8 Å². The zero-order valence-electron chi connectivity index (χ0n) is 16.8. The summed E-state index contributed by atoms with van der Waals surface area (Å²) in [5.74, 6) is 0.839. The van der Waals surface area contributed by atoms with Crippen molar-refractivity contribution in [1.82, 2.24) is 0 Å². The molecule has 1 aliphatic carbocycles. The fraction of sp³-hybridized carbons (Fsp3) is 0.192. The molecule has 2 atom stereocenters. The molecule has 4 heteroatoms. The molecule has 4 nitrogen and oxygen atoms in total. The van der Waals surface area contributed by atoms with Crippen molar-refractivity contribution < 1.29 is 19.4 Å². The molecule has 1 N–H and O–H groups in total. The maximum absolute atomic E-state index is 11.6. The molecular formula is C26H24O4. The first-order chi connectivity index (χ1) is 14.7. The van der Waals surface area contributed by atoms with Gasteiger partial charge >= 0.3 is 5.97 Å². The van der Waals surface area contributed by atoms with E-state index in [1.807, 2.05) is 36.4 Å². The Hall–Kier alpha value is -3.53. The summed E-state index contributed by atoms with van der Waals surface area (Å²) in [6.45, 7) is 0.279. The second kappa shape index (κ2) is 8.87. The summed E-state index contributed by atoms with van der Waals surface area (Å²) in [7, 11) is 1.44. The number of methoxy groups -OCH3 is 1. The molecule has 0 aliphatic heterocycles. The van der Waals surface area contributed by atoms with E-state index in [2.05, 4.69) is 36.4 Å². The molecule has 1 fully saturated rings. The summed E-state index contributed by atoms with van der Waals surface area (Å²) in [5.41, 5.74) is 4.15. The average Bonchev–Trinajstić information content (AvgIpc) is 3.58. The Bertz CT molecular complexity index is 1060. The van der Waals surface area contributed by atoms with Crippen LogP contribution in [0.3, 0.4) is 0 Å². The van der Waals surface area contributed by atoms with Crippen LogP contribution in [-0.2, 0) is 16.1 Å². The SMILES string of the molecule is CO/C=C(/C(=O)O)c1ccccc1COc1cccc(C2CC2c2ccccc2)c1. The zero-order chi connectivity index (χ0) is 20.9. The first-order valence-corrected chi connectivity index (χ1v) is 9.99. The molecule has 0 spiro atoms. The average molecular weight is 400 g/mol. The van der Waals surface area contributed by atoms with Crippen molar-refractivity contribution >= 4 is 11.5 Å². The number of ether oxygens (including phenoxy) is 2. The van der Waals surface area contributed by atoms with Crippen LogP contribution in [0.4, 0.5) is 0 Å². The number of aliphatic carboxylic acids is 1. The van der Waals surface area contributed by atoms with Crippen LogP contribution in [0.25, 0.3) is 5.57 Å². The van der Waals surface area contributed by atoms with Crippen molar-refractivity contribution in [3.05, 3.63) is 107 Å². The standard InChI is InChI=1S/C26H24O4/c1-29-17-25(26(27)28)22-13-6-5-10-20(22)16-30-21-12-7-11-19(14-21)24-15-23(24)18-8-3-2-4-9-18/h2-14,17,23-24H,15-16H2,1H3,(H,27,28)/b25-17+. The predicted octanol–water partition coefficient (Wildman–Crippen LogP) is 5.61. The second-order valence-electron chi connectivity index (χ2n) is 7.45. The second-order valence-corrected chi connectivity index (χ2v) is 7.45. The highest BCUT2D eigenvalue weighted by atomic mass is 16.5. The van der Waals surface area contributed by atoms with Crippen molar-refractivity contribution in [3.8, 4) is 5.75 Å². The van der Waals surface area contributed by atoms with Gasteiger partial charge in [-0.15, -0.1) is 0 Å². The largest absolute Gasteiger partial charge is 0.503 e. The van der Waals surface area contributed by atoms with E-state index in [1.165, 1.54) is 24.5 Å². The van der Waals surface area contributed by atoms with E-state index in [1.54, 1.807) is 6.07 Å². The highest BCUT2D eigenvalue weighted by molar-refractivity contribution is 6.15. The van der Waals surface area contributed by atoms with E-state index in [9.17, 15) is 9.90 Å². The monoisotopic (exact) mass is 400 g/mol. The van der Waals surface area contributed by atoms with Crippen molar-refractivity contribution in [2.24, 2.45) is 0 Å². The van der Waals surface area contributed by atoms with Crippen molar-refractivity contribution in [2.75, 3.05) is 7.11 Å². The minimum Gasteiger partial charge on any atom is -0.503 e. The van der Waals surface area contributed by atoms with Crippen LogP contribution in [0.2, 0.25) is 0 Å². The maximum Gasteiger partial charge on any atom is 0.339 e. The van der Waals surface area contributed by atoms with Gasteiger partial charge in [0.2, 0.25) is 0 Å². The molecule has 3 aromatic carbocycles. The molecular weight excluding hydrogens is 376 g/mol. The van der Waals surface area contributed by atoms with Gasteiger partial charge in [0, 0.05) is 0 Å².